The molecule has 0 radical (unpaired) electrons. The molecule has 7 nitrogen and oxygen atoms in total. The molecule has 2 aromatic heterocycles. The van der Waals surface area contributed by atoms with E-state index < -0.39 is 6.03 Å². The average molecular weight is 414 g/mol. The maximum Gasteiger partial charge on any atom is 0.338 e. The molecule has 0 aliphatic carbocycles. The van der Waals surface area contributed by atoms with Gasteiger partial charge in [-0.2, -0.15) is 0 Å². The summed E-state index contributed by atoms with van der Waals surface area (Å²) in [5.74, 6) is 0. The van der Waals surface area contributed by atoms with Gasteiger partial charge in [0, 0.05) is 29.5 Å². The minimum atomic E-state index is -0.898. The van der Waals surface area contributed by atoms with Crippen molar-refractivity contribution in [3.05, 3.63) is 108 Å². The molecule has 0 fully saturated rings. The van der Waals surface area contributed by atoms with E-state index >= 15 is 0 Å². The quantitative estimate of drug-likeness (QED) is 0.348. The van der Waals surface area contributed by atoms with Crippen molar-refractivity contribution in [2.24, 2.45) is 5.73 Å². The molecule has 1 atom stereocenters. The molecule has 0 saturated carbocycles. The van der Waals surface area contributed by atoms with E-state index in [-0.39, 0.29) is 12.6 Å². The summed E-state index contributed by atoms with van der Waals surface area (Å²) in [7, 11) is 0. The fourth-order valence-corrected chi connectivity index (χ4v) is 3.34. The molecule has 0 bridgehead atoms. The number of nitrogens with two attached hydrogens (primary N) is 1. The highest BCUT2D eigenvalue weighted by atomic mass is 16.5. The Hall–Kier alpha value is -3.81. The number of primary amides is 1. The van der Waals surface area contributed by atoms with Crippen LogP contribution in [-0.2, 0) is 17.9 Å². The van der Waals surface area contributed by atoms with Gasteiger partial charge in [-0.25, -0.2) is 9.86 Å². The molecular formula is C24H22N4O3. The van der Waals surface area contributed by atoms with Crippen molar-refractivity contribution in [3.8, 4) is 0 Å². The number of benzene rings is 2. The van der Waals surface area contributed by atoms with Crippen LogP contribution in [0.3, 0.4) is 0 Å². The molecule has 0 saturated heterocycles. The second kappa shape index (κ2) is 9.34. The predicted molar refractivity (Wildman–Crippen MR) is 116 cm³/mol. The molecule has 1 unspecified atom stereocenters. The number of hydrogen-bond acceptors (Lipinski definition) is 5. The zero-order valence-corrected chi connectivity index (χ0v) is 16.8. The number of carbonyl (C=O) groups excluding carboxylic acids is 1. The van der Waals surface area contributed by atoms with Crippen LogP contribution in [0.15, 0.2) is 85.3 Å². The van der Waals surface area contributed by atoms with E-state index in [1.54, 1.807) is 12.4 Å². The van der Waals surface area contributed by atoms with Gasteiger partial charge in [0.15, 0.2) is 0 Å². The Kier molecular flexibility index (Phi) is 6.16. The molecule has 4 rings (SSSR count). The molecule has 0 aliphatic heterocycles. The molecular weight excluding hydrogens is 392 g/mol. The summed E-state index contributed by atoms with van der Waals surface area (Å²) in [5.41, 5.74) is 9.58. The zero-order chi connectivity index (χ0) is 21.6. The minimum absolute atomic E-state index is 0.0107. The SMILES string of the molecule is NC(=O)N(O)Cc1ccc(C(OCc2cnc3ccccc3c2)c2cccnc2)cc1. The van der Waals surface area contributed by atoms with Crippen molar-refractivity contribution in [2.75, 3.05) is 0 Å². The molecule has 4 aromatic rings. The van der Waals surface area contributed by atoms with Gasteiger partial charge < -0.3 is 10.5 Å². The zero-order valence-electron chi connectivity index (χ0n) is 16.8. The Balaban J connectivity index is 1.55. The Bertz CT molecular complexity index is 1170. The number of carbonyl (C=O) groups is 1. The van der Waals surface area contributed by atoms with Gasteiger partial charge in [-0.3, -0.25) is 15.2 Å². The Morgan fingerprint density at radius 1 is 1.00 bits per heavy atom. The minimum Gasteiger partial charge on any atom is -0.364 e. The number of rotatable bonds is 7. The highest BCUT2D eigenvalue weighted by Crippen LogP contribution is 2.27. The third-order valence-electron chi connectivity index (χ3n) is 4.92. The smallest absolute Gasteiger partial charge is 0.338 e. The molecule has 2 heterocycles. The summed E-state index contributed by atoms with van der Waals surface area (Å²) in [6.45, 7) is 0.391. The summed E-state index contributed by atoms with van der Waals surface area (Å²) in [6.07, 6.45) is 4.98. The fourth-order valence-electron chi connectivity index (χ4n) is 3.34. The van der Waals surface area contributed by atoms with Crippen LogP contribution < -0.4 is 5.73 Å². The second-order valence-corrected chi connectivity index (χ2v) is 7.15. The normalized spacial score (nSPS) is 11.9. The monoisotopic (exact) mass is 414 g/mol. The van der Waals surface area contributed by atoms with Gasteiger partial charge in [-0.15, -0.1) is 0 Å². The lowest BCUT2D eigenvalue weighted by Gasteiger charge is -2.20. The van der Waals surface area contributed by atoms with Crippen molar-refractivity contribution in [3.63, 3.8) is 0 Å². The lowest BCUT2D eigenvalue weighted by Crippen LogP contribution is -2.31. The fraction of sp³-hybridized carbons (Fsp3) is 0.125. The van der Waals surface area contributed by atoms with Crippen LogP contribution in [0.1, 0.15) is 28.4 Å². The van der Waals surface area contributed by atoms with Gasteiger partial charge in [0.05, 0.1) is 18.7 Å². The lowest BCUT2D eigenvalue weighted by molar-refractivity contribution is -0.0470. The highest BCUT2D eigenvalue weighted by Gasteiger charge is 2.16. The molecule has 2 aromatic carbocycles. The average Bonchev–Trinajstić information content (AvgIpc) is 2.80. The number of aromatic nitrogens is 2. The number of amides is 2. The molecule has 156 valence electrons. The summed E-state index contributed by atoms with van der Waals surface area (Å²) < 4.78 is 6.29. The van der Waals surface area contributed by atoms with Crippen molar-refractivity contribution >= 4 is 16.9 Å². The van der Waals surface area contributed by atoms with Crippen LogP contribution in [0.4, 0.5) is 4.79 Å². The molecule has 3 N–H and O–H groups in total. The first kappa shape index (κ1) is 20.5. The molecule has 7 heteroatoms. The van der Waals surface area contributed by atoms with E-state index in [9.17, 15) is 10.0 Å². The van der Waals surface area contributed by atoms with Crippen molar-refractivity contribution in [1.29, 1.82) is 0 Å². The number of ether oxygens (including phenoxy) is 1. The van der Waals surface area contributed by atoms with E-state index in [1.807, 2.05) is 66.9 Å². The predicted octanol–water partition coefficient (Wildman–Crippen LogP) is 4.21. The number of pyridine rings is 2. The summed E-state index contributed by atoms with van der Waals surface area (Å²) in [4.78, 5) is 19.8. The standard InChI is InChI=1S/C24H22N4O3/c25-24(29)28(30)15-17-7-9-19(10-8-17)23(21-5-3-11-26-14-21)31-16-18-12-20-4-1-2-6-22(20)27-13-18/h1-14,23,30H,15-16H2,(H2,25,29). The third-order valence-corrected chi connectivity index (χ3v) is 4.92. The van der Waals surface area contributed by atoms with E-state index in [0.29, 0.717) is 11.7 Å². The third kappa shape index (κ3) is 5.03. The van der Waals surface area contributed by atoms with Gasteiger partial charge in [-0.05, 0) is 34.9 Å². The first-order valence-corrected chi connectivity index (χ1v) is 9.80. The first-order chi connectivity index (χ1) is 15.1. The van der Waals surface area contributed by atoms with Gasteiger partial charge in [0.1, 0.15) is 6.10 Å². The Morgan fingerprint density at radius 3 is 2.55 bits per heavy atom. The first-order valence-electron chi connectivity index (χ1n) is 9.80. The van der Waals surface area contributed by atoms with Crippen LogP contribution in [0.25, 0.3) is 10.9 Å². The van der Waals surface area contributed by atoms with Crippen LogP contribution >= 0.6 is 0 Å². The Morgan fingerprint density at radius 2 is 1.81 bits per heavy atom. The second-order valence-electron chi connectivity index (χ2n) is 7.15. The van der Waals surface area contributed by atoms with Crippen molar-refractivity contribution in [2.45, 2.75) is 19.3 Å². The summed E-state index contributed by atoms with van der Waals surface area (Å²) in [6, 6.07) is 20.4. The maximum absolute atomic E-state index is 11.0. The van der Waals surface area contributed by atoms with Gasteiger partial charge in [-0.1, -0.05) is 48.5 Å². The highest BCUT2D eigenvalue weighted by molar-refractivity contribution is 5.78. The maximum atomic E-state index is 11.0. The van der Waals surface area contributed by atoms with Crippen LogP contribution in [-0.4, -0.2) is 26.3 Å². The van der Waals surface area contributed by atoms with E-state index in [2.05, 4.69) is 16.0 Å². The Labute approximate surface area is 179 Å². The largest absolute Gasteiger partial charge is 0.364 e. The van der Waals surface area contributed by atoms with Crippen molar-refractivity contribution < 1.29 is 14.7 Å². The van der Waals surface area contributed by atoms with Crippen LogP contribution in [0, 0.1) is 0 Å². The number of hydrogen-bond donors (Lipinski definition) is 2. The van der Waals surface area contributed by atoms with Gasteiger partial charge >= 0.3 is 6.03 Å². The van der Waals surface area contributed by atoms with Crippen LogP contribution in [0.5, 0.6) is 0 Å². The number of para-hydroxylation sites is 1. The molecule has 2 amide bonds. The molecule has 0 aliphatic rings. The van der Waals surface area contributed by atoms with E-state index in [4.69, 9.17) is 10.5 Å². The summed E-state index contributed by atoms with van der Waals surface area (Å²) in [5, 5.41) is 11.1. The van der Waals surface area contributed by atoms with E-state index in [1.165, 1.54) is 0 Å². The van der Waals surface area contributed by atoms with E-state index in [0.717, 1.165) is 33.2 Å². The molecule has 0 spiro atoms. The number of fused-ring (bicyclic) bond motifs is 1. The van der Waals surface area contributed by atoms with Crippen LogP contribution in [0.2, 0.25) is 0 Å². The molecule has 31 heavy (non-hydrogen) atoms. The number of urea groups is 1. The topological polar surface area (TPSA) is 102 Å². The van der Waals surface area contributed by atoms with Gasteiger partial charge in [0.25, 0.3) is 0 Å². The van der Waals surface area contributed by atoms with Gasteiger partial charge in [0.2, 0.25) is 0 Å². The number of nitrogens with zero attached hydrogens (tertiary/aromatic N) is 3. The summed E-state index contributed by atoms with van der Waals surface area (Å²) >= 11 is 0. The number of hydroxylamine groups is 2. The lowest BCUT2D eigenvalue weighted by atomic mass is 10.0. The van der Waals surface area contributed by atoms with Crippen molar-refractivity contribution in [1.82, 2.24) is 15.0 Å².